The Balaban J connectivity index is 2.14. The first kappa shape index (κ1) is 12.0. The summed E-state index contributed by atoms with van der Waals surface area (Å²) >= 11 is 1.60. The molecule has 1 N–H and O–H groups in total. The van der Waals surface area contributed by atoms with Gasteiger partial charge in [-0.3, -0.25) is 0 Å². The van der Waals surface area contributed by atoms with Gasteiger partial charge in [0.15, 0.2) is 0 Å². The number of thiophene rings is 1. The molecule has 0 atom stereocenters. The molecule has 2 aromatic rings. The first-order valence-electron chi connectivity index (χ1n) is 5.30. The Kier molecular flexibility index (Phi) is 3.43. The van der Waals surface area contributed by atoms with Gasteiger partial charge in [0.05, 0.1) is 5.69 Å². The van der Waals surface area contributed by atoms with E-state index in [2.05, 4.69) is 5.32 Å². The molecule has 1 nitrogen and oxygen atoms in total. The van der Waals surface area contributed by atoms with Crippen molar-refractivity contribution in [2.75, 3.05) is 5.32 Å². The number of benzene rings is 1. The van der Waals surface area contributed by atoms with E-state index in [4.69, 9.17) is 0 Å². The zero-order valence-corrected chi connectivity index (χ0v) is 10.5. The highest BCUT2D eigenvalue weighted by Crippen LogP contribution is 2.21. The minimum atomic E-state index is -0.418. The average molecular weight is 253 g/mol. The van der Waals surface area contributed by atoms with Gasteiger partial charge in [0.25, 0.3) is 0 Å². The van der Waals surface area contributed by atoms with Crippen molar-refractivity contribution >= 4 is 17.0 Å². The van der Waals surface area contributed by atoms with Crippen molar-refractivity contribution in [1.29, 1.82) is 0 Å². The number of hydrogen-bond donors (Lipinski definition) is 1. The fourth-order valence-electron chi connectivity index (χ4n) is 1.54. The number of hydrogen-bond acceptors (Lipinski definition) is 2. The number of halogens is 2. The van der Waals surface area contributed by atoms with Gasteiger partial charge in [-0.1, -0.05) is 0 Å². The molecule has 0 saturated heterocycles. The predicted molar refractivity (Wildman–Crippen MR) is 67.5 cm³/mol. The molecule has 90 valence electrons. The SMILES string of the molecule is Cc1cc(F)c(NCc2sccc2C)cc1F. The molecule has 0 unspecified atom stereocenters. The van der Waals surface area contributed by atoms with Crippen LogP contribution in [0.4, 0.5) is 14.5 Å². The van der Waals surface area contributed by atoms with Crippen LogP contribution in [0, 0.1) is 25.5 Å². The molecule has 2 rings (SSSR count). The maximum atomic E-state index is 13.5. The van der Waals surface area contributed by atoms with E-state index in [1.54, 1.807) is 18.3 Å². The van der Waals surface area contributed by atoms with Gasteiger partial charge in [-0.05, 0) is 42.5 Å². The molecular weight excluding hydrogens is 240 g/mol. The lowest BCUT2D eigenvalue weighted by Crippen LogP contribution is -2.02. The molecule has 0 aliphatic heterocycles. The van der Waals surface area contributed by atoms with E-state index in [-0.39, 0.29) is 5.69 Å². The van der Waals surface area contributed by atoms with Crippen molar-refractivity contribution in [2.24, 2.45) is 0 Å². The van der Waals surface area contributed by atoms with Crippen molar-refractivity contribution in [3.05, 3.63) is 51.2 Å². The topological polar surface area (TPSA) is 12.0 Å². The molecule has 0 spiro atoms. The van der Waals surface area contributed by atoms with Gasteiger partial charge in [-0.2, -0.15) is 0 Å². The van der Waals surface area contributed by atoms with Crippen LogP contribution in [-0.2, 0) is 6.54 Å². The smallest absolute Gasteiger partial charge is 0.146 e. The molecule has 0 aliphatic carbocycles. The number of rotatable bonds is 3. The Labute approximate surface area is 103 Å². The van der Waals surface area contributed by atoms with Gasteiger partial charge >= 0.3 is 0 Å². The van der Waals surface area contributed by atoms with Crippen LogP contribution in [0.2, 0.25) is 0 Å². The molecule has 17 heavy (non-hydrogen) atoms. The minimum absolute atomic E-state index is 0.209. The summed E-state index contributed by atoms with van der Waals surface area (Å²) in [5.74, 6) is -0.810. The quantitative estimate of drug-likeness (QED) is 0.862. The van der Waals surface area contributed by atoms with Crippen LogP contribution in [0.5, 0.6) is 0 Å². The van der Waals surface area contributed by atoms with E-state index >= 15 is 0 Å². The maximum absolute atomic E-state index is 13.5. The van der Waals surface area contributed by atoms with Crippen molar-refractivity contribution < 1.29 is 8.78 Å². The summed E-state index contributed by atoms with van der Waals surface area (Å²) in [6.07, 6.45) is 0. The summed E-state index contributed by atoms with van der Waals surface area (Å²) in [5, 5.41) is 4.90. The number of aryl methyl sites for hydroxylation is 2. The van der Waals surface area contributed by atoms with Crippen molar-refractivity contribution in [2.45, 2.75) is 20.4 Å². The van der Waals surface area contributed by atoms with Crippen LogP contribution in [0.25, 0.3) is 0 Å². The Morgan fingerprint density at radius 1 is 1.12 bits per heavy atom. The highest BCUT2D eigenvalue weighted by molar-refractivity contribution is 7.10. The molecule has 4 heteroatoms. The number of nitrogens with one attached hydrogen (secondary N) is 1. The van der Waals surface area contributed by atoms with Gasteiger partial charge in [0.2, 0.25) is 0 Å². The van der Waals surface area contributed by atoms with Crippen molar-refractivity contribution in [3.63, 3.8) is 0 Å². The normalized spacial score (nSPS) is 10.6. The monoisotopic (exact) mass is 253 g/mol. The zero-order chi connectivity index (χ0) is 12.4. The summed E-state index contributed by atoms with van der Waals surface area (Å²) in [5.41, 5.74) is 1.69. The van der Waals surface area contributed by atoms with E-state index in [0.29, 0.717) is 12.1 Å². The van der Waals surface area contributed by atoms with Gasteiger partial charge < -0.3 is 5.32 Å². The lowest BCUT2D eigenvalue weighted by molar-refractivity contribution is 0.594. The van der Waals surface area contributed by atoms with Crippen LogP contribution >= 0.6 is 11.3 Å². The van der Waals surface area contributed by atoms with Crippen molar-refractivity contribution in [1.82, 2.24) is 0 Å². The lowest BCUT2D eigenvalue weighted by Gasteiger charge is -2.08. The molecule has 1 aromatic heterocycles. The lowest BCUT2D eigenvalue weighted by atomic mass is 10.2. The minimum Gasteiger partial charge on any atom is -0.378 e. The summed E-state index contributed by atoms with van der Waals surface area (Å²) < 4.78 is 26.8. The van der Waals surface area contributed by atoms with Crippen LogP contribution in [0.1, 0.15) is 16.0 Å². The maximum Gasteiger partial charge on any atom is 0.146 e. The Bertz CT molecular complexity index is 534. The average Bonchev–Trinajstić information content (AvgIpc) is 2.68. The fourth-order valence-corrected chi connectivity index (χ4v) is 2.39. The molecule has 0 bridgehead atoms. The Morgan fingerprint density at radius 2 is 1.88 bits per heavy atom. The summed E-state index contributed by atoms with van der Waals surface area (Å²) in [6, 6.07) is 4.42. The van der Waals surface area contributed by atoms with Crippen LogP contribution in [0.3, 0.4) is 0 Å². The van der Waals surface area contributed by atoms with Gasteiger partial charge in [0.1, 0.15) is 11.6 Å². The molecule has 1 heterocycles. The van der Waals surface area contributed by atoms with Crippen LogP contribution in [0.15, 0.2) is 23.6 Å². The number of anilines is 1. The van der Waals surface area contributed by atoms with E-state index in [9.17, 15) is 8.78 Å². The molecule has 0 aliphatic rings. The molecule has 0 saturated carbocycles. The molecule has 0 radical (unpaired) electrons. The summed E-state index contributed by atoms with van der Waals surface area (Å²) in [4.78, 5) is 1.13. The second-order valence-corrected chi connectivity index (χ2v) is 4.96. The summed E-state index contributed by atoms with van der Waals surface area (Å²) in [6.45, 7) is 4.06. The van der Waals surface area contributed by atoms with Gasteiger partial charge in [0, 0.05) is 17.5 Å². The Hall–Kier alpha value is -1.42. The first-order valence-corrected chi connectivity index (χ1v) is 6.18. The third kappa shape index (κ3) is 2.64. The third-order valence-corrected chi connectivity index (χ3v) is 3.68. The van der Waals surface area contributed by atoms with E-state index in [1.165, 1.54) is 12.1 Å². The fraction of sp³-hybridized carbons (Fsp3) is 0.231. The van der Waals surface area contributed by atoms with Crippen LogP contribution < -0.4 is 5.32 Å². The molecular formula is C13H13F2NS. The highest BCUT2D eigenvalue weighted by atomic mass is 32.1. The van der Waals surface area contributed by atoms with Gasteiger partial charge in [-0.25, -0.2) is 8.78 Å². The zero-order valence-electron chi connectivity index (χ0n) is 9.68. The first-order chi connectivity index (χ1) is 8.08. The van der Waals surface area contributed by atoms with E-state index < -0.39 is 11.6 Å². The molecule has 0 fully saturated rings. The highest BCUT2D eigenvalue weighted by Gasteiger charge is 2.07. The van der Waals surface area contributed by atoms with Crippen molar-refractivity contribution in [3.8, 4) is 0 Å². The largest absolute Gasteiger partial charge is 0.378 e. The van der Waals surface area contributed by atoms with E-state index in [0.717, 1.165) is 10.4 Å². The third-order valence-electron chi connectivity index (χ3n) is 2.66. The van der Waals surface area contributed by atoms with Crippen LogP contribution in [-0.4, -0.2) is 0 Å². The standard InChI is InChI=1S/C13H13F2NS/c1-8-3-4-17-13(8)7-16-12-6-10(14)9(2)5-11(12)15/h3-6,16H,7H2,1-2H3. The molecule has 1 aromatic carbocycles. The second kappa shape index (κ2) is 4.84. The molecule has 0 amide bonds. The summed E-state index contributed by atoms with van der Waals surface area (Å²) in [7, 11) is 0. The predicted octanol–water partition coefficient (Wildman–Crippen LogP) is 4.26. The van der Waals surface area contributed by atoms with E-state index in [1.807, 2.05) is 18.4 Å². The Morgan fingerprint density at radius 3 is 2.53 bits per heavy atom. The second-order valence-electron chi connectivity index (χ2n) is 3.96. The van der Waals surface area contributed by atoms with Gasteiger partial charge in [-0.15, -0.1) is 11.3 Å².